The molecule has 1 aliphatic rings. The van der Waals surface area contributed by atoms with E-state index in [9.17, 15) is 13.2 Å². The summed E-state index contributed by atoms with van der Waals surface area (Å²) in [5.41, 5.74) is 1.67. The number of nitrogens with one attached hydrogen (secondary N) is 3. The minimum Gasteiger partial charge on any atom is -0.349 e. The van der Waals surface area contributed by atoms with Crippen LogP contribution in [0.2, 0.25) is 5.02 Å². The molecular weight excluding hydrogens is 469 g/mol. The fourth-order valence-electron chi connectivity index (χ4n) is 3.16. The minimum absolute atomic E-state index is 0. The van der Waals surface area contributed by atoms with Gasteiger partial charge in [0.25, 0.3) is 15.9 Å². The van der Waals surface area contributed by atoms with Crippen LogP contribution in [0, 0.1) is 0 Å². The Bertz CT molecular complexity index is 1180. The number of carbonyl (C=O) groups excluding carboxylic acids is 1. The molecule has 3 N–H and O–H groups in total. The molecule has 3 heterocycles. The van der Waals surface area contributed by atoms with Crippen LogP contribution in [-0.2, 0) is 23.0 Å². The van der Waals surface area contributed by atoms with E-state index in [0.717, 1.165) is 30.1 Å². The molecule has 1 aromatic carbocycles. The number of sulfonamides is 1. The molecule has 1 amide bonds. The van der Waals surface area contributed by atoms with E-state index < -0.39 is 10.0 Å². The third-order valence-electron chi connectivity index (χ3n) is 4.67. The van der Waals surface area contributed by atoms with Crippen molar-refractivity contribution in [3.63, 3.8) is 0 Å². The van der Waals surface area contributed by atoms with Gasteiger partial charge < -0.3 is 15.2 Å². The standard InChI is InChI=1S/C18H20ClN5O3S2.ClH/c1-24-7-4-14-15(10-24)28-18(23-14)17(25)20-5-6-21-29(26,27)16-9-11-8-12(19)2-3-13(11)22-16;/h2-3,8-9,21-22H,4-7,10H2,1H3,(H,20,25);1H. The predicted octanol–water partition coefficient (Wildman–Crippen LogP) is 2.40. The Labute approximate surface area is 189 Å². The Hall–Kier alpha value is -1.69. The molecule has 0 aliphatic carbocycles. The van der Waals surface area contributed by atoms with Gasteiger partial charge in [-0.2, -0.15) is 0 Å². The van der Waals surface area contributed by atoms with Crippen molar-refractivity contribution in [2.24, 2.45) is 0 Å². The lowest BCUT2D eigenvalue weighted by Crippen LogP contribution is -2.34. The van der Waals surface area contributed by atoms with Crippen LogP contribution in [0.4, 0.5) is 0 Å². The minimum atomic E-state index is -3.72. The summed E-state index contributed by atoms with van der Waals surface area (Å²) in [6.07, 6.45) is 0.838. The second kappa shape index (κ2) is 9.21. The largest absolute Gasteiger partial charge is 0.349 e. The number of fused-ring (bicyclic) bond motifs is 2. The van der Waals surface area contributed by atoms with Crippen molar-refractivity contribution in [3.8, 4) is 0 Å². The van der Waals surface area contributed by atoms with Gasteiger partial charge in [0.1, 0.15) is 5.03 Å². The monoisotopic (exact) mass is 489 g/mol. The average molecular weight is 490 g/mol. The van der Waals surface area contributed by atoms with Crippen LogP contribution in [-0.4, -0.2) is 55.9 Å². The van der Waals surface area contributed by atoms with Crippen molar-refractivity contribution in [2.75, 3.05) is 26.7 Å². The fraction of sp³-hybridized carbons (Fsp3) is 0.333. The smallest absolute Gasteiger partial charge is 0.280 e. The molecule has 0 radical (unpaired) electrons. The Morgan fingerprint density at radius 3 is 2.93 bits per heavy atom. The van der Waals surface area contributed by atoms with Crippen LogP contribution in [0.15, 0.2) is 29.3 Å². The van der Waals surface area contributed by atoms with E-state index in [1.54, 1.807) is 18.2 Å². The summed E-state index contributed by atoms with van der Waals surface area (Å²) in [4.78, 5) is 22.9. The maximum Gasteiger partial charge on any atom is 0.280 e. The molecule has 0 saturated heterocycles. The summed E-state index contributed by atoms with van der Waals surface area (Å²) >= 11 is 7.33. The van der Waals surface area contributed by atoms with Crippen LogP contribution in [0.25, 0.3) is 10.9 Å². The molecule has 162 valence electrons. The van der Waals surface area contributed by atoms with Gasteiger partial charge in [-0.15, -0.1) is 23.7 Å². The van der Waals surface area contributed by atoms with Crippen molar-refractivity contribution >= 4 is 62.2 Å². The van der Waals surface area contributed by atoms with Crippen LogP contribution < -0.4 is 10.0 Å². The SMILES string of the molecule is CN1CCc2nc(C(=O)NCCNS(=O)(=O)c3cc4cc(Cl)ccc4[nH]3)sc2C1.Cl. The zero-order valence-electron chi connectivity index (χ0n) is 16.1. The van der Waals surface area contributed by atoms with Crippen molar-refractivity contribution < 1.29 is 13.2 Å². The van der Waals surface area contributed by atoms with Gasteiger partial charge >= 0.3 is 0 Å². The van der Waals surface area contributed by atoms with E-state index in [-0.39, 0.29) is 36.4 Å². The molecular formula is C18H21Cl2N5O3S2. The molecule has 0 fully saturated rings. The number of benzene rings is 1. The normalized spacial score (nSPS) is 14.3. The zero-order chi connectivity index (χ0) is 20.6. The van der Waals surface area contributed by atoms with E-state index in [2.05, 4.69) is 24.9 Å². The molecule has 0 unspecified atom stereocenters. The Morgan fingerprint density at radius 1 is 1.33 bits per heavy atom. The summed E-state index contributed by atoms with van der Waals surface area (Å²) in [6, 6.07) is 6.63. The molecule has 12 heteroatoms. The predicted molar refractivity (Wildman–Crippen MR) is 120 cm³/mol. The molecule has 0 spiro atoms. The number of halogens is 2. The number of rotatable bonds is 6. The molecule has 4 rings (SSSR count). The lowest BCUT2D eigenvalue weighted by Gasteiger charge is -2.20. The van der Waals surface area contributed by atoms with E-state index >= 15 is 0 Å². The number of hydrogen-bond acceptors (Lipinski definition) is 6. The maximum absolute atomic E-state index is 12.5. The van der Waals surface area contributed by atoms with Gasteiger partial charge in [0, 0.05) is 53.4 Å². The highest BCUT2D eigenvalue weighted by Crippen LogP contribution is 2.24. The van der Waals surface area contributed by atoms with Gasteiger partial charge in [-0.3, -0.25) is 4.79 Å². The number of H-pyrrole nitrogens is 1. The van der Waals surface area contributed by atoms with E-state index in [0.29, 0.717) is 20.9 Å². The fourth-order valence-corrected chi connectivity index (χ4v) is 5.49. The second-order valence-electron chi connectivity index (χ2n) is 6.90. The Balaban J connectivity index is 0.00000256. The van der Waals surface area contributed by atoms with Crippen LogP contribution in [0.1, 0.15) is 20.4 Å². The van der Waals surface area contributed by atoms with Gasteiger partial charge in [-0.05, 0) is 31.3 Å². The van der Waals surface area contributed by atoms with Crippen molar-refractivity contribution in [2.45, 2.75) is 18.0 Å². The molecule has 30 heavy (non-hydrogen) atoms. The molecule has 3 aromatic rings. The summed E-state index contributed by atoms with van der Waals surface area (Å²) in [5, 5.41) is 4.44. The number of nitrogens with zero attached hydrogens (tertiary/aromatic N) is 2. The maximum atomic E-state index is 12.5. The lowest BCUT2D eigenvalue weighted by molar-refractivity contribution is 0.0953. The summed E-state index contributed by atoms with van der Waals surface area (Å²) < 4.78 is 27.4. The summed E-state index contributed by atoms with van der Waals surface area (Å²) in [5.74, 6) is -0.286. The number of aromatic amines is 1. The van der Waals surface area contributed by atoms with Gasteiger partial charge in [0.05, 0.1) is 5.69 Å². The number of likely N-dealkylation sites (N-methyl/N-ethyl adjacent to an activating group) is 1. The highest BCUT2D eigenvalue weighted by atomic mass is 35.5. The third kappa shape index (κ3) is 4.96. The third-order valence-corrected chi connectivity index (χ3v) is 7.37. The van der Waals surface area contributed by atoms with E-state index in [4.69, 9.17) is 11.6 Å². The number of carbonyl (C=O) groups is 1. The molecule has 2 aromatic heterocycles. The van der Waals surface area contributed by atoms with E-state index in [1.807, 2.05) is 7.05 Å². The Kier molecular flexibility index (Phi) is 7.05. The van der Waals surface area contributed by atoms with Crippen LogP contribution in [0.5, 0.6) is 0 Å². The van der Waals surface area contributed by atoms with Crippen LogP contribution in [0.3, 0.4) is 0 Å². The van der Waals surface area contributed by atoms with Gasteiger partial charge in [0.15, 0.2) is 5.01 Å². The quantitative estimate of drug-likeness (QED) is 0.460. The lowest BCUT2D eigenvalue weighted by atomic mass is 10.2. The first-order valence-corrected chi connectivity index (χ1v) is 11.7. The molecule has 8 nitrogen and oxygen atoms in total. The molecule has 0 bridgehead atoms. The second-order valence-corrected chi connectivity index (χ2v) is 10.2. The topological polar surface area (TPSA) is 107 Å². The first-order chi connectivity index (χ1) is 13.8. The Morgan fingerprint density at radius 2 is 2.13 bits per heavy atom. The number of amides is 1. The first-order valence-electron chi connectivity index (χ1n) is 9.05. The number of hydrogen-bond donors (Lipinski definition) is 3. The van der Waals surface area contributed by atoms with Gasteiger partial charge in [-0.25, -0.2) is 18.1 Å². The van der Waals surface area contributed by atoms with Gasteiger partial charge in [-0.1, -0.05) is 11.6 Å². The molecule has 1 aliphatic heterocycles. The highest BCUT2D eigenvalue weighted by Gasteiger charge is 2.21. The summed E-state index contributed by atoms with van der Waals surface area (Å²) in [6.45, 7) is 1.96. The zero-order valence-corrected chi connectivity index (χ0v) is 19.3. The summed E-state index contributed by atoms with van der Waals surface area (Å²) in [7, 11) is -1.69. The van der Waals surface area contributed by atoms with E-state index in [1.165, 1.54) is 17.4 Å². The number of aromatic nitrogens is 2. The van der Waals surface area contributed by atoms with Gasteiger partial charge in [0.2, 0.25) is 0 Å². The molecule has 0 saturated carbocycles. The highest BCUT2D eigenvalue weighted by molar-refractivity contribution is 7.89. The molecule has 0 atom stereocenters. The van der Waals surface area contributed by atoms with Crippen molar-refractivity contribution in [1.29, 1.82) is 0 Å². The average Bonchev–Trinajstić information content (AvgIpc) is 3.28. The van der Waals surface area contributed by atoms with Crippen LogP contribution >= 0.6 is 35.3 Å². The van der Waals surface area contributed by atoms with Crippen molar-refractivity contribution in [1.82, 2.24) is 24.9 Å². The first kappa shape index (κ1) is 23.0. The van der Waals surface area contributed by atoms with Crippen molar-refractivity contribution in [3.05, 3.63) is 44.9 Å². The number of thiazole rings is 1.